The van der Waals surface area contributed by atoms with E-state index in [2.05, 4.69) is 5.32 Å². The number of carboxylic acid groups (broad SMARTS) is 1. The van der Waals surface area contributed by atoms with Crippen LogP contribution in [0.1, 0.15) is 55.3 Å². The first kappa shape index (κ1) is 19.8. The van der Waals surface area contributed by atoms with Gasteiger partial charge in [-0.2, -0.15) is 4.31 Å². The van der Waals surface area contributed by atoms with Gasteiger partial charge < -0.3 is 10.4 Å². The zero-order valence-electron chi connectivity index (χ0n) is 15.4. The first-order valence-corrected chi connectivity index (χ1v) is 10.9. The van der Waals surface area contributed by atoms with E-state index in [0.29, 0.717) is 0 Å². The molecule has 0 spiro atoms. The van der Waals surface area contributed by atoms with E-state index < -0.39 is 27.9 Å². The Kier molecular flexibility index (Phi) is 5.86. The molecule has 8 heteroatoms. The van der Waals surface area contributed by atoms with E-state index in [9.17, 15) is 23.1 Å². The number of rotatable bonds is 7. The van der Waals surface area contributed by atoms with Gasteiger partial charge in [-0.25, -0.2) is 13.2 Å². The fourth-order valence-corrected chi connectivity index (χ4v) is 5.04. The number of carboxylic acids is 1. The van der Waals surface area contributed by atoms with Crippen LogP contribution in [0.4, 0.5) is 0 Å². The summed E-state index contributed by atoms with van der Waals surface area (Å²) in [7, 11) is -2.00. The van der Waals surface area contributed by atoms with Gasteiger partial charge in [0.2, 0.25) is 10.0 Å². The number of sulfonamides is 1. The summed E-state index contributed by atoms with van der Waals surface area (Å²) in [5, 5.41) is 11.7. The number of carbonyl (C=O) groups excluding carboxylic acids is 1. The summed E-state index contributed by atoms with van der Waals surface area (Å²) in [6.07, 6.45) is 6.54. The lowest BCUT2D eigenvalue weighted by Gasteiger charge is -2.30. The molecule has 0 radical (unpaired) electrons. The van der Waals surface area contributed by atoms with Crippen LogP contribution in [0.2, 0.25) is 0 Å². The summed E-state index contributed by atoms with van der Waals surface area (Å²) in [5.74, 6) is -1.56. The number of hydrogen-bond acceptors (Lipinski definition) is 4. The molecule has 1 unspecified atom stereocenters. The molecule has 0 aromatic heterocycles. The Hall–Kier alpha value is -1.93. The van der Waals surface area contributed by atoms with Gasteiger partial charge in [0.1, 0.15) is 6.04 Å². The molecular formula is C19H26N2O5S. The normalized spacial score (nSPS) is 19.6. The largest absolute Gasteiger partial charge is 0.480 e. The van der Waals surface area contributed by atoms with Crippen molar-refractivity contribution in [1.29, 1.82) is 0 Å². The van der Waals surface area contributed by atoms with Crippen LogP contribution in [0, 0.1) is 5.92 Å². The maximum Gasteiger partial charge on any atom is 0.326 e. The van der Waals surface area contributed by atoms with Gasteiger partial charge in [0.25, 0.3) is 5.91 Å². The van der Waals surface area contributed by atoms with Gasteiger partial charge in [0.15, 0.2) is 0 Å². The van der Waals surface area contributed by atoms with E-state index in [4.69, 9.17) is 0 Å². The molecule has 2 aliphatic carbocycles. The van der Waals surface area contributed by atoms with Crippen molar-refractivity contribution in [2.75, 3.05) is 7.05 Å². The third-order valence-electron chi connectivity index (χ3n) is 5.53. The standard InChI is InChI=1S/C19H26N2O5S/c1-21(15-5-3-2-4-6-15)27(25,26)16-11-9-14(10-12-16)18(22)20-17(19(23)24)13-7-8-13/h9-13,15,17H,2-8H2,1H3,(H,20,22)(H,23,24). The monoisotopic (exact) mass is 394 g/mol. The van der Waals surface area contributed by atoms with Crippen molar-refractivity contribution in [3.05, 3.63) is 29.8 Å². The summed E-state index contributed by atoms with van der Waals surface area (Å²) >= 11 is 0. The van der Waals surface area contributed by atoms with Crippen molar-refractivity contribution in [3.63, 3.8) is 0 Å². The third-order valence-corrected chi connectivity index (χ3v) is 7.45. The second-order valence-electron chi connectivity index (χ2n) is 7.46. The van der Waals surface area contributed by atoms with Crippen LogP contribution in [0.5, 0.6) is 0 Å². The Balaban J connectivity index is 1.70. The zero-order valence-corrected chi connectivity index (χ0v) is 16.2. The Morgan fingerprint density at radius 2 is 1.67 bits per heavy atom. The van der Waals surface area contributed by atoms with Crippen molar-refractivity contribution in [2.45, 2.75) is 61.9 Å². The number of nitrogens with one attached hydrogen (secondary N) is 1. The van der Waals surface area contributed by atoms with E-state index in [1.54, 1.807) is 7.05 Å². The molecule has 1 aromatic carbocycles. The summed E-state index contributed by atoms with van der Waals surface area (Å²) in [6, 6.07) is 4.82. The van der Waals surface area contributed by atoms with Crippen LogP contribution < -0.4 is 5.32 Å². The minimum Gasteiger partial charge on any atom is -0.480 e. The maximum absolute atomic E-state index is 12.8. The highest BCUT2D eigenvalue weighted by atomic mass is 32.2. The molecule has 7 nitrogen and oxygen atoms in total. The van der Waals surface area contributed by atoms with Gasteiger partial charge in [-0.15, -0.1) is 0 Å². The van der Waals surface area contributed by atoms with Crippen molar-refractivity contribution in [2.24, 2.45) is 5.92 Å². The molecule has 2 fully saturated rings. The molecule has 27 heavy (non-hydrogen) atoms. The molecule has 2 aliphatic rings. The predicted molar refractivity (Wildman–Crippen MR) is 99.9 cm³/mol. The summed E-state index contributed by atoms with van der Waals surface area (Å²) in [4.78, 5) is 23.7. The molecule has 0 aliphatic heterocycles. The minimum absolute atomic E-state index is 0.0154. The molecule has 2 saturated carbocycles. The Bertz CT molecular complexity index is 796. The Labute approximate surface area is 159 Å². The number of aliphatic carboxylic acids is 1. The fourth-order valence-electron chi connectivity index (χ4n) is 3.62. The molecule has 1 atom stereocenters. The van der Waals surface area contributed by atoms with E-state index >= 15 is 0 Å². The highest BCUT2D eigenvalue weighted by molar-refractivity contribution is 7.89. The van der Waals surface area contributed by atoms with Gasteiger partial charge in [0.05, 0.1) is 4.90 Å². The van der Waals surface area contributed by atoms with E-state index in [-0.39, 0.29) is 22.4 Å². The fraction of sp³-hybridized carbons (Fsp3) is 0.579. The van der Waals surface area contributed by atoms with Crippen LogP contribution in [0.15, 0.2) is 29.2 Å². The summed E-state index contributed by atoms with van der Waals surface area (Å²) in [6.45, 7) is 0. The van der Waals surface area contributed by atoms with Crippen LogP contribution in [0.3, 0.4) is 0 Å². The van der Waals surface area contributed by atoms with E-state index in [0.717, 1.165) is 44.9 Å². The molecule has 0 bridgehead atoms. The molecule has 0 heterocycles. The van der Waals surface area contributed by atoms with Crippen LogP contribution in [-0.2, 0) is 14.8 Å². The molecule has 3 rings (SSSR count). The summed E-state index contributed by atoms with van der Waals surface area (Å²) in [5.41, 5.74) is 0.251. The molecule has 0 saturated heterocycles. The second-order valence-corrected chi connectivity index (χ2v) is 9.46. The van der Waals surface area contributed by atoms with Crippen molar-refractivity contribution in [1.82, 2.24) is 9.62 Å². The van der Waals surface area contributed by atoms with Crippen molar-refractivity contribution >= 4 is 21.9 Å². The molecule has 148 valence electrons. The Morgan fingerprint density at radius 1 is 1.07 bits per heavy atom. The van der Waals surface area contributed by atoms with E-state index in [1.165, 1.54) is 28.6 Å². The molecular weight excluding hydrogens is 368 g/mol. The quantitative estimate of drug-likeness (QED) is 0.738. The average Bonchev–Trinajstić information content (AvgIpc) is 3.50. The highest BCUT2D eigenvalue weighted by Gasteiger charge is 2.37. The first-order chi connectivity index (χ1) is 12.8. The third kappa shape index (κ3) is 4.50. The van der Waals surface area contributed by atoms with Crippen molar-refractivity contribution in [3.8, 4) is 0 Å². The van der Waals surface area contributed by atoms with Crippen LogP contribution in [-0.4, -0.2) is 48.8 Å². The van der Waals surface area contributed by atoms with Gasteiger partial charge in [-0.3, -0.25) is 4.79 Å². The lowest BCUT2D eigenvalue weighted by atomic mass is 9.96. The molecule has 1 amide bonds. The number of carbonyl (C=O) groups is 2. The number of amides is 1. The SMILES string of the molecule is CN(C1CCCCC1)S(=O)(=O)c1ccc(C(=O)NC(C(=O)O)C2CC2)cc1. The predicted octanol–water partition coefficient (Wildman–Crippen LogP) is 2.23. The number of benzene rings is 1. The average molecular weight is 394 g/mol. The summed E-state index contributed by atoms with van der Waals surface area (Å²) < 4.78 is 27.1. The smallest absolute Gasteiger partial charge is 0.326 e. The van der Waals surface area contributed by atoms with Gasteiger partial charge >= 0.3 is 5.97 Å². The topological polar surface area (TPSA) is 104 Å². The van der Waals surface area contributed by atoms with Crippen molar-refractivity contribution < 1.29 is 23.1 Å². The molecule has 2 N–H and O–H groups in total. The second kappa shape index (κ2) is 7.98. The van der Waals surface area contributed by atoms with Gasteiger partial charge in [-0.05, 0) is 55.9 Å². The first-order valence-electron chi connectivity index (χ1n) is 9.42. The van der Waals surface area contributed by atoms with Gasteiger partial charge in [0, 0.05) is 18.7 Å². The zero-order chi connectivity index (χ0) is 19.6. The van der Waals surface area contributed by atoms with Crippen LogP contribution in [0.25, 0.3) is 0 Å². The number of hydrogen-bond donors (Lipinski definition) is 2. The Morgan fingerprint density at radius 3 is 2.19 bits per heavy atom. The lowest BCUT2D eigenvalue weighted by molar-refractivity contribution is -0.139. The molecule has 1 aromatic rings. The lowest BCUT2D eigenvalue weighted by Crippen LogP contribution is -2.42. The van der Waals surface area contributed by atoms with E-state index in [1.807, 2.05) is 0 Å². The maximum atomic E-state index is 12.8. The van der Waals surface area contributed by atoms with Gasteiger partial charge in [-0.1, -0.05) is 19.3 Å². The minimum atomic E-state index is -3.61. The number of nitrogens with zero attached hydrogens (tertiary/aromatic N) is 1. The highest BCUT2D eigenvalue weighted by Crippen LogP contribution is 2.33. The van der Waals surface area contributed by atoms with Crippen LogP contribution >= 0.6 is 0 Å².